The van der Waals surface area contributed by atoms with Gasteiger partial charge in [-0.25, -0.2) is 13.1 Å². The third-order valence-corrected chi connectivity index (χ3v) is 4.65. The maximum absolute atomic E-state index is 12.4. The molecule has 0 radical (unpaired) electrons. The number of rotatable bonds is 3. The van der Waals surface area contributed by atoms with Gasteiger partial charge in [0.1, 0.15) is 0 Å². The van der Waals surface area contributed by atoms with Crippen molar-refractivity contribution in [3.05, 3.63) is 41.9 Å². The van der Waals surface area contributed by atoms with E-state index in [1.165, 1.54) is 24.5 Å². The lowest BCUT2D eigenvalue weighted by atomic mass is 10.3. The Kier molecular flexibility index (Phi) is 3.99. The van der Waals surface area contributed by atoms with Crippen LogP contribution in [0.2, 0.25) is 0 Å². The number of fused-ring (bicyclic) bond motifs is 1. The molecule has 1 aliphatic heterocycles. The van der Waals surface area contributed by atoms with E-state index in [0.717, 1.165) is 0 Å². The number of sulfonamides is 1. The zero-order chi connectivity index (χ0) is 16.4. The van der Waals surface area contributed by atoms with Crippen molar-refractivity contribution in [2.24, 2.45) is 0 Å². The molecule has 0 spiro atoms. The number of ether oxygens (including phenoxy) is 2. The number of hydrogen-bond donors (Lipinski definition) is 1. The number of carbonyl (C=O) groups excluding carboxylic acids is 1. The zero-order valence-corrected chi connectivity index (χ0v) is 13.2. The van der Waals surface area contributed by atoms with Crippen LogP contribution >= 0.6 is 0 Å². The quantitative estimate of drug-likeness (QED) is 0.919. The van der Waals surface area contributed by atoms with Crippen molar-refractivity contribution in [2.45, 2.75) is 18.2 Å². The molecule has 7 nitrogen and oxygen atoms in total. The Hall–Kier alpha value is -2.48. The van der Waals surface area contributed by atoms with Crippen LogP contribution in [0.15, 0.2) is 39.8 Å². The number of benzene rings is 1. The van der Waals surface area contributed by atoms with Gasteiger partial charge < -0.3 is 13.9 Å². The monoisotopic (exact) mass is 337 g/mol. The lowest BCUT2D eigenvalue weighted by Crippen LogP contribution is -2.30. The second-order valence-electron chi connectivity index (χ2n) is 5.03. The average molecular weight is 337 g/mol. The van der Waals surface area contributed by atoms with Crippen LogP contribution in [0, 0.1) is 6.92 Å². The molecule has 1 amide bonds. The highest BCUT2D eigenvalue weighted by Crippen LogP contribution is 2.31. The molecule has 3 rings (SSSR count). The van der Waals surface area contributed by atoms with E-state index in [1.54, 1.807) is 13.0 Å². The van der Waals surface area contributed by atoms with Crippen LogP contribution in [0.3, 0.4) is 0 Å². The van der Waals surface area contributed by atoms with Crippen molar-refractivity contribution in [3.8, 4) is 11.5 Å². The minimum Gasteiger partial charge on any atom is -0.490 e. The van der Waals surface area contributed by atoms with E-state index in [9.17, 15) is 13.2 Å². The van der Waals surface area contributed by atoms with Gasteiger partial charge >= 0.3 is 5.91 Å². The Labute approximate surface area is 133 Å². The Balaban J connectivity index is 1.87. The highest BCUT2D eigenvalue weighted by atomic mass is 32.2. The van der Waals surface area contributed by atoms with Gasteiger partial charge in [0.15, 0.2) is 17.3 Å². The Morgan fingerprint density at radius 1 is 1.13 bits per heavy atom. The van der Waals surface area contributed by atoms with E-state index in [0.29, 0.717) is 36.7 Å². The molecule has 1 aliphatic rings. The fourth-order valence-electron chi connectivity index (χ4n) is 2.14. The second kappa shape index (κ2) is 5.96. The highest BCUT2D eigenvalue weighted by Gasteiger charge is 2.23. The summed E-state index contributed by atoms with van der Waals surface area (Å²) in [6, 6.07) is 5.79. The number of hydrogen-bond acceptors (Lipinski definition) is 6. The van der Waals surface area contributed by atoms with Crippen molar-refractivity contribution in [2.75, 3.05) is 13.2 Å². The molecule has 122 valence electrons. The minimum atomic E-state index is -4.04. The molecular weight excluding hydrogens is 322 g/mol. The molecule has 23 heavy (non-hydrogen) atoms. The minimum absolute atomic E-state index is 0.0390. The zero-order valence-electron chi connectivity index (χ0n) is 12.4. The van der Waals surface area contributed by atoms with E-state index in [-0.39, 0.29) is 10.7 Å². The molecule has 0 saturated carbocycles. The van der Waals surface area contributed by atoms with E-state index < -0.39 is 15.9 Å². The van der Waals surface area contributed by atoms with Crippen LogP contribution in [0.1, 0.15) is 22.5 Å². The first-order valence-electron chi connectivity index (χ1n) is 6.98. The Bertz CT molecular complexity index is 839. The van der Waals surface area contributed by atoms with E-state index in [2.05, 4.69) is 0 Å². The molecule has 2 aromatic rings. The van der Waals surface area contributed by atoms with Crippen LogP contribution in [0.25, 0.3) is 0 Å². The van der Waals surface area contributed by atoms with E-state index >= 15 is 0 Å². The number of aryl methyl sites for hydroxylation is 1. The Morgan fingerprint density at radius 3 is 2.57 bits per heavy atom. The van der Waals surface area contributed by atoms with Crippen molar-refractivity contribution in [1.29, 1.82) is 0 Å². The van der Waals surface area contributed by atoms with Gasteiger partial charge in [0, 0.05) is 18.1 Å². The fraction of sp³-hybridized carbons (Fsp3) is 0.267. The van der Waals surface area contributed by atoms with Gasteiger partial charge in [-0.3, -0.25) is 4.79 Å². The third-order valence-electron chi connectivity index (χ3n) is 3.32. The Morgan fingerprint density at radius 2 is 1.87 bits per heavy atom. The highest BCUT2D eigenvalue weighted by molar-refractivity contribution is 7.90. The fourth-order valence-corrected chi connectivity index (χ4v) is 3.11. The first-order chi connectivity index (χ1) is 11.0. The predicted molar refractivity (Wildman–Crippen MR) is 80.1 cm³/mol. The number of amides is 1. The second-order valence-corrected chi connectivity index (χ2v) is 6.71. The lowest BCUT2D eigenvalue weighted by Gasteiger charge is -2.10. The number of nitrogens with one attached hydrogen (secondary N) is 1. The van der Waals surface area contributed by atoms with E-state index in [4.69, 9.17) is 13.9 Å². The van der Waals surface area contributed by atoms with Crippen molar-refractivity contribution < 1.29 is 27.1 Å². The molecule has 0 aliphatic carbocycles. The largest absolute Gasteiger partial charge is 0.490 e. The summed E-state index contributed by atoms with van der Waals surface area (Å²) in [6.45, 7) is 2.60. The third kappa shape index (κ3) is 3.16. The van der Waals surface area contributed by atoms with Crippen LogP contribution in [0.5, 0.6) is 11.5 Å². The summed E-state index contributed by atoms with van der Waals surface area (Å²) in [7, 11) is -4.04. The van der Waals surface area contributed by atoms with Gasteiger partial charge in [-0.1, -0.05) is 0 Å². The van der Waals surface area contributed by atoms with Crippen LogP contribution in [0.4, 0.5) is 0 Å². The van der Waals surface area contributed by atoms with Gasteiger partial charge in [-0.2, -0.15) is 0 Å². The van der Waals surface area contributed by atoms with Gasteiger partial charge in [0.2, 0.25) is 0 Å². The van der Waals surface area contributed by atoms with Gasteiger partial charge in [0.05, 0.1) is 24.4 Å². The molecule has 0 bridgehead atoms. The molecular formula is C15H15NO6S. The normalized spacial score (nSPS) is 14.1. The number of carbonyl (C=O) groups is 1. The topological polar surface area (TPSA) is 94.8 Å². The summed E-state index contributed by atoms with van der Waals surface area (Å²) in [4.78, 5) is 11.9. The van der Waals surface area contributed by atoms with Crippen molar-refractivity contribution >= 4 is 15.9 Å². The summed E-state index contributed by atoms with van der Waals surface area (Å²) < 4.78 is 42.6. The average Bonchev–Trinajstić information content (AvgIpc) is 2.80. The van der Waals surface area contributed by atoms with Gasteiger partial charge in [-0.15, -0.1) is 0 Å². The summed E-state index contributed by atoms with van der Waals surface area (Å²) in [5, 5.41) is 0. The molecule has 1 N–H and O–H groups in total. The summed E-state index contributed by atoms with van der Waals surface area (Å²) in [6.07, 6.45) is 2.04. The van der Waals surface area contributed by atoms with Crippen LogP contribution in [-0.2, 0) is 10.0 Å². The maximum Gasteiger partial charge on any atom is 0.300 e. The van der Waals surface area contributed by atoms with Gasteiger partial charge in [-0.05, 0) is 25.1 Å². The maximum atomic E-state index is 12.4. The molecule has 8 heteroatoms. The van der Waals surface area contributed by atoms with Gasteiger partial charge in [0.25, 0.3) is 10.0 Å². The summed E-state index contributed by atoms with van der Waals surface area (Å²) in [5.41, 5.74) is 0.552. The van der Waals surface area contributed by atoms with Crippen molar-refractivity contribution in [1.82, 2.24) is 4.72 Å². The molecule has 1 aromatic carbocycles. The van der Waals surface area contributed by atoms with Crippen LogP contribution in [-0.4, -0.2) is 27.5 Å². The summed E-state index contributed by atoms with van der Waals surface area (Å²) >= 11 is 0. The standard InChI is InChI=1S/C15H15NO6S/c1-10-5-8-22-14(10)15(17)16-23(18,19)11-3-4-12-13(9-11)21-7-2-6-20-12/h3-5,8-9H,2,6-7H2,1H3,(H,16,17). The predicted octanol–water partition coefficient (Wildman–Crippen LogP) is 1.87. The molecule has 0 atom stereocenters. The summed E-state index contributed by atoms with van der Waals surface area (Å²) in [5.74, 6) is -0.0378. The first kappa shape index (κ1) is 15.4. The smallest absolute Gasteiger partial charge is 0.300 e. The molecule has 0 unspecified atom stereocenters. The molecule has 0 fully saturated rings. The van der Waals surface area contributed by atoms with Crippen molar-refractivity contribution in [3.63, 3.8) is 0 Å². The SMILES string of the molecule is Cc1ccoc1C(=O)NS(=O)(=O)c1ccc2c(c1)OCCCO2. The molecule has 1 aromatic heterocycles. The first-order valence-corrected chi connectivity index (χ1v) is 8.46. The van der Waals surface area contributed by atoms with Crippen LogP contribution < -0.4 is 14.2 Å². The number of furan rings is 1. The lowest BCUT2D eigenvalue weighted by molar-refractivity contribution is 0.0953. The van der Waals surface area contributed by atoms with E-state index in [1.807, 2.05) is 4.72 Å². The molecule has 0 saturated heterocycles. The molecule has 2 heterocycles.